The molecule has 1 heterocycles. The smallest absolute Gasteiger partial charge is 0.319 e. The third-order valence-corrected chi connectivity index (χ3v) is 7.23. The van der Waals surface area contributed by atoms with Crippen LogP contribution in [0.3, 0.4) is 0 Å². The molecule has 42 heavy (non-hydrogen) atoms. The fraction of sp³-hybridized carbons (Fsp3) is 0.364. The zero-order chi connectivity index (χ0) is 30.3. The maximum absolute atomic E-state index is 13.8. The highest BCUT2D eigenvalue weighted by Crippen LogP contribution is 2.30. The van der Waals surface area contributed by atoms with E-state index in [0.29, 0.717) is 54.2 Å². The van der Waals surface area contributed by atoms with Crippen LogP contribution in [-0.2, 0) is 0 Å². The van der Waals surface area contributed by atoms with E-state index in [1.54, 1.807) is 48.4 Å². The van der Waals surface area contributed by atoms with Crippen LogP contribution in [0.15, 0.2) is 72.8 Å². The number of hydrogen-bond donors (Lipinski definition) is 2. The SMILES string of the molecule is COc1ccccc1N(CCN1CCC(C(=O)c2ccc(F)cc2)CC1)C(=O)c1ccc(NC(=O)NC(C)(C)C)cc1. The molecule has 0 saturated carbocycles. The van der Waals surface area contributed by atoms with Gasteiger partial charge in [0.1, 0.15) is 11.6 Å². The molecule has 3 amide bonds. The van der Waals surface area contributed by atoms with Crippen LogP contribution in [0.4, 0.5) is 20.6 Å². The largest absolute Gasteiger partial charge is 0.495 e. The molecular weight excluding hydrogens is 535 g/mol. The third-order valence-electron chi connectivity index (χ3n) is 7.23. The van der Waals surface area contributed by atoms with Gasteiger partial charge in [-0.05, 0) is 107 Å². The third kappa shape index (κ3) is 8.16. The maximum Gasteiger partial charge on any atom is 0.319 e. The normalized spacial score (nSPS) is 14.2. The van der Waals surface area contributed by atoms with Gasteiger partial charge >= 0.3 is 6.03 Å². The fourth-order valence-electron chi connectivity index (χ4n) is 5.05. The molecule has 4 rings (SSSR count). The first-order valence-electron chi connectivity index (χ1n) is 14.2. The number of rotatable bonds is 9. The van der Waals surface area contributed by atoms with Gasteiger partial charge in [0.05, 0.1) is 12.8 Å². The topological polar surface area (TPSA) is 91.0 Å². The van der Waals surface area contributed by atoms with Crippen LogP contribution < -0.4 is 20.3 Å². The van der Waals surface area contributed by atoms with Crippen LogP contribution in [0.5, 0.6) is 5.75 Å². The number of hydrogen-bond acceptors (Lipinski definition) is 5. The number of amides is 3. The highest BCUT2D eigenvalue weighted by molar-refractivity contribution is 6.07. The number of nitrogens with one attached hydrogen (secondary N) is 2. The molecule has 8 nitrogen and oxygen atoms in total. The molecule has 9 heteroatoms. The molecule has 1 aliphatic heterocycles. The summed E-state index contributed by atoms with van der Waals surface area (Å²) in [5, 5.41) is 5.64. The molecule has 1 saturated heterocycles. The molecule has 3 aromatic carbocycles. The Morgan fingerprint density at radius 2 is 1.55 bits per heavy atom. The number of ether oxygens (including phenoxy) is 1. The zero-order valence-corrected chi connectivity index (χ0v) is 24.7. The van der Waals surface area contributed by atoms with Crippen LogP contribution in [0, 0.1) is 11.7 Å². The second kappa shape index (κ2) is 13.6. The van der Waals surface area contributed by atoms with Gasteiger partial charge in [-0.15, -0.1) is 0 Å². The van der Waals surface area contributed by atoms with Crippen molar-refractivity contribution in [3.05, 3.63) is 89.7 Å². The highest BCUT2D eigenvalue weighted by atomic mass is 19.1. The van der Waals surface area contributed by atoms with E-state index in [1.807, 2.05) is 45.0 Å². The minimum Gasteiger partial charge on any atom is -0.495 e. The molecule has 0 bridgehead atoms. The van der Waals surface area contributed by atoms with Crippen molar-refractivity contribution in [1.82, 2.24) is 10.2 Å². The van der Waals surface area contributed by atoms with E-state index >= 15 is 0 Å². The van der Waals surface area contributed by atoms with E-state index < -0.39 is 0 Å². The Kier molecular flexibility index (Phi) is 9.96. The maximum atomic E-state index is 13.8. The zero-order valence-electron chi connectivity index (χ0n) is 24.7. The number of para-hydroxylation sites is 2. The van der Waals surface area contributed by atoms with Gasteiger partial charge in [-0.1, -0.05) is 12.1 Å². The van der Waals surface area contributed by atoms with E-state index in [2.05, 4.69) is 15.5 Å². The molecule has 0 unspecified atom stereocenters. The van der Waals surface area contributed by atoms with E-state index in [4.69, 9.17) is 4.74 Å². The summed E-state index contributed by atoms with van der Waals surface area (Å²) in [5.41, 5.74) is 1.89. The summed E-state index contributed by atoms with van der Waals surface area (Å²) < 4.78 is 18.8. The lowest BCUT2D eigenvalue weighted by Crippen LogP contribution is -2.43. The number of methoxy groups -OCH3 is 1. The summed E-state index contributed by atoms with van der Waals surface area (Å²) in [4.78, 5) is 42.9. The lowest BCUT2D eigenvalue weighted by atomic mass is 9.89. The van der Waals surface area contributed by atoms with Gasteiger partial charge in [-0.2, -0.15) is 0 Å². The Morgan fingerprint density at radius 3 is 2.17 bits per heavy atom. The summed E-state index contributed by atoms with van der Waals surface area (Å²) >= 11 is 0. The van der Waals surface area contributed by atoms with Crippen molar-refractivity contribution in [3.63, 3.8) is 0 Å². The minimum atomic E-state index is -0.372. The number of carbonyl (C=O) groups excluding carboxylic acids is 3. The molecule has 2 N–H and O–H groups in total. The molecule has 0 atom stereocenters. The number of urea groups is 1. The van der Waals surface area contributed by atoms with Crippen molar-refractivity contribution < 1.29 is 23.5 Å². The van der Waals surface area contributed by atoms with Gasteiger partial charge in [0.15, 0.2) is 5.78 Å². The van der Waals surface area contributed by atoms with E-state index in [1.165, 1.54) is 12.1 Å². The quantitative estimate of drug-likeness (QED) is 0.306. The Labute approximate surface area is 246 Å². The number of ketones is 1. The van der Waals surface area contributed by atoms with Crippen LogP contribution in [0.25, 0.3) is 0 Å². The average molecular weight is 575 g/mol. The molecular formula is C33H39FN4O4. The molecule has 0 spiro atoms. The van der Waals surface area contributed by atoms with Gasteiger partial charge in [0.25, 0.3) is 5.91 Å². The van der Waals surface area contributed by atoms with Crippen LogP contribution in [0.1, 0.15) is 54.3 Å². The highest BCUT2D eigenvalue weighted by Gasteiger charge is 2.27. The molecule has 1 fully saturated rings. The minimum absolute atomic E-state index is 0.0503. The summed E-state index contributed by atoms with van der Waals surface area (Å²) in [6, 6.07) is 19.6. The summed E-state index contributed by atoms with van der Waals surface area (Å²) in [5.74, 6) is -0.00430. The van der Waals surface area contributed by atoms with Crippen LogP contribution in [-0.4, -0.2) is 61.4 Å². The number of carbonyl (C=O) groups is 3. The Morgan fingerprint density at radius 1 is 0.929 bits per heavy atom. The van der Waals surface area contributed by atoms with E-state index in [-0.39, 0.29) is 35.0 Å². The number of anilines is 2. The molecule has 0 aromatic heterocycles. The second-order valence-corrected chi connectivity index (χ2v) is 11.5. The van der Waals surface area contributed by atoms with Crippen molar-refractivity contribution in [2.75, 3.05) is 43.5 Å². The monoisotopic (exact) mass is 574 g/mol. The van der Waals surface area contributed by atoms with E-state index in [9.17, 15) is 18.8 Å². The lowest BCUT2D eigenvalue weighted by molar-refractivity contribution is 0.0841. The number of halogens is 1. The van der Waals surface area contributed by atoms with Gasteiger partial charge in [-0.25, -0.2) is 9.18 Å². The Balaban J connectivity index is 1.42. The average Bonchev–Trinajstić information content (AvgIpc) is 2.97. The van der Waals surface area contributed by atoms with Crippen LogP contribution >= 0.6 is 0 Å². The first-order valence-corrected chi connectivity index (χ1v) is 14.2. The lowest BCUT2D eigenvalue weighted by Gasteiger charge is -2.33. The van der Waals surface area contributed by atoms with Gasteiger partial charge in [-0.3, -0.25) is 9.59 Å². The number of likely N-dealkylation sites (tertiary alicyclic amines) is 1. The Bertz CT molecular complexity index is 1380. The number of nitrogens with zero attached hydrogens (tertiary/aromatic N) is 2. The number of Topliss-reactive ketones (excluding diaryl/α,β-unsaturated/α-hetero) is 1. The van der Waals surface area contributed by atoms with Gasteiger partial charge in [0.2, 0.25) is 0 Å². The summed E-state index contributed by atoms with van der Waals surface area (Å²) in [7, 11) is 1.58. The first-order chi connectivity index (χ1) is 20.0. The van der Waals surface area contributed by atoms with Crippen molar-refractivity contribution in [2.24, 2.45) is 5.92 Å². The first kappa shape index (κ1) is 30.7. The fourth-order valence-corrected chi connectivity index (χ4v) is 5.05. The van der Waals surface area contributed by atoms with Crippen molar-refractivity contribution >= 4 is 29.1 Å². The number of piperidine rings is 1. The van der Waals surface area contributed by atoms with Crippen molar-refractivity contribution in [1.29, 1.82) is 0 Å². The van der Waals surface area contributed by atoms with Crippen LogP contribution in [0.2, 0.25) is 0 Å². The Hall–Kier alpha value is -4.24. The van der Waals surface area contributed by atoms with Gasteiger partial charge < -0.3 is 25.2 Å². The van der Waals surface area contributed by atoms with Crippen molar-refractivity contribution in [3.8, 4) is 5.75 Å². The molecule has 222 valence electrons. The molecule has 0 radical (unpaired) electrons. The number of benzene rings is 3. The predicted octanol–water partition coefficient (Wildman–Crippen LogP) is 6.00. The van der Waals surface area contributed by atoms with Gasteiger partial charge in [0, 0.05) is 41.4 Å². The molecule has 0 aliphatic carbocycles. The second-order valence-electron chi connectivity index (χ2n) is 11.5. The predicted molar refractivity (Wildman–Crippen MR) is 163 cm³/mol. The summed E-state index contributed by atoms with van der Waals surface area (Å²) in [6.07, 6.45) is 1.41. The molecule has 3 aromatic rings. The van der Waals surface area contributed by atoms with E-state index in [0.717, 1.165) is 13.1 Å². The van der Waals surface area contributed by atoms with Crippen molar-refractivity contribution in [2.45, 2.75) is 39.2 Å². The standard InChI is InChI=1S/C33H39FN4O4/c1-33(2,3)36-32(41)35-27-15-11-25(12-16-27)31(40)38(28-7-5-6-8-29(28)42-4)22-21-37-19-17-24(18-20-37)30(39)23-9-13-26(34)14-10-23/h5-16,24H,17-22H2,1-4H3,(H2,35,36,41). The summed E-state index contributed by atoms with van der Waals surface area (Å²) in [6.45, 7) is 8.19. The molecule has 1 aliphatic rings.